The van der Waals surface area contributed by atoms with E-state index >= 15 is 0 Å². The normalized spacial score (nSPS) is 18.6. The summed E-state index contributed by atoms with van der Waals surface area (Å²) in [5, 5.41) is 16.0. The third kappa shape index (κ3) is 4.06. The van der Waals surface area contributed by atoms with E-state index in [2.05, 4.69) is 39.3 Å². The third-order valence-corrected chi connectivity index (χ3v) is 6.84. The highest BCUT2D eigenvalue weighted by atomic mass is 32.1. The summed E-state index contributed by atoms with van der Waals surface area (Å²) in [5.41, 5.74) is 2.61. The summed E-state index contributed by atoms with van der Waals surface area (Å²) in [5.74, 6) is -1.01. The Morgan fingerprint density at radius 2 is 2.06 bits per heavy atom. The van der Waals surface area contributed by atoms with Crippen LogP contribution in [0.5, 0.6) is 5.19 Å². The van der Waals surface area contributed by atoms with Crippen molar-refractivity contribution < 1.29 is 19.0 Å². The summed E-state index contributed by atoms with van der Waals surface area (Å²) in [7, 11) is 1.55. The van der Waals surface area contributed by atoms with Gasteiger partial charge in [0.15, 0.2) is 11.5 Å². The number of pyridine rings is 1. The fraction of sp³-hybridized carbons (Fsp3) is 0.348. The number of fused-ring (bicyclic) bond motifs is 2. The molecule has 3 aromatic heterocycles. The monoisotopic (exact) mass is 484 g/mol. The predicted molar refractivity (Wildman–Crippen MR) is 129 cm³/mol. The summed E-state index contributed by atoms with van der Waals surface area (Å²) >= 11 is 1.40. The maximum atomic E-state index is 14.5. The molecule has 11 heteroatoms. The van der Waals surface area contributed by atoms with E-state index in [0.717, 1.165) is 23.5 Å². The van der Waals surface area contributed by atoms with E-state index in [9.17, 15) is 14.3 Å². The van der Waals surface area contributed by atoms with Crippen molar-refractivity contribution in [3.63, 3.8) is 0 Å². The van der Waals surface area contributed by atoms with Crippen molar-refractivity contribution in [2.75, 3.05) is 30.4 Å². The molecule has 1 saturated heterocycles. The molecule has 0 aliphatic carbocycles. The highest BCUT2D eigenvalue weighted by Crippen LogP contribution is 2.38. The minimum atomic E-state index is -0.602. The molecule has 2 atom stereocenters. The lowest BCUT2D eigenvalue weighted by molar-refractivity contribution is 0.102. The molecule has 34 heavy (non-hydrogen) atoms. The molecule has 0 unspecified atom stereocenters. The number of methoxy groups -OCH3 is 1. The van der Waals surface area contributed by atoms with E-state index in [4.69, 9.17) is 4.74 Å². The molecule has 0 bridgehead atoms. The van der Waals surface area contributed by atoms with Crippen LogP contribution in [0.3, 0.4) is 0 Å². The van der Waals surface area contributed by atoms with Gasteiger partial charge in [0, 0.05) is 43.6 Å². The van der Waals surface area contributed by atoms with E-state index in [1.165, 1.54) is 28.0 Å². The smallest absolute Gasteiger partial charge is 0.274 e. The summed E-state index contributed by atoms with van der Waals surface area (Å²) in [6, 6.07) is 5.55. The van der Waals surface area contributed by atoms with E-state index in [0.29, 0.717) is 34.1 Å². The van der Waals surface area contributed by atoms with Gasteiger partial charge in [-0.05, 0) is 26.0 Å². The molecular weight excluding hydrogens is 459 g/mol. The predicted octanol–water partition coefficient (Wildman–Crippen LogP) is 3.02. The zero-order valence-corrected chi connectivity index (χ0v) is 19.8. The maximum Gasteiger partial charge on any atom is 0.274 e. The summed E-state index contributed by atoms with van der Waals surface area (Å²) in [6.07, 6.45) is 3.07. The van der Waals surface area contributed by atoms with Gasteiger partial charge in [-0.25, -0.2) is 14.4 Å². The molecule has 4 aromatic rings. The first-order chi connectivity index (χ1) is 16.4. The van der Waals surface area contributed by atoms with E-state index in [1.807, 2.05) is 6.07 Å². The highest BCUT2D eigenvalue weighted by molar-refractivity contribution is 7.21. The van der Waals surface area contributed by atoms with Gasteiger partial charge in [0.25, 0.3) is 11.1 Å². The Morgan fingerprint density at radius 3 is 2.76 bits per heavy atom. The van der Waals surface area contributed by atoms with E-state index in [1.54, 1.807) is 19.4 Å². The molecule has 0 spiro atoms. The SMILES string of the molecule is COc1nc2c(C(=O)Nc3cc(F)c4nc(CO)cn4c3)ccc(N3C[C@H](C)N[C@@H](C)C3)c2s1. The number of ether oxygens (including phenoxy) is 1. The van der Waals surface area contributed by atoms with Crippen LogP contribution >= 0.6 is 11.3 Å². The standard InChI is InChI=1S/C23H25FN6O3S/c1-12-7-29(8-13(2)25-12)18-5-4-16(19-20(18)34-23(28-19)33-3)22(32)27-14-6-17(24)21-26-15(11-31)10-30(21)9-14/h4-6,9-10,12-13,25,31H,7-8,11H2,1-3H3,(H,27,32)/t12-,13-/m0/s1. The molecule has 4 heterocycles. The first-order valence-electron chi connectivity index (χ1n) is 10.9. The van der Waals surface area contributed by atoms with Crippen LogP contribution in [0.2, 0.25) is 0 Å². The Kier molecular flexibility index (Phi) is 5.84. The molecule has 3 N–H and O–H groups in total. The number of thiazole rings is 1. The zero-order chi connectivity index (χ0) is 24.0. The van der Waals surface area contributed by atoms with Crippen molar-refractivity contribution in [3.05, 3.63) is 47.7 Å². The van der Waals surface area contributed by atoms with Gasteiger partial charge in [-0.15, -0.1) is 0 Å². The van der Waals surface area contributed by atoms with Gasteiger partial charge in [-0.2, -0.15) is 0 Å². The molecule has 0 radical (unpaired) electrons. The summed E-state index contributed by atoms with van der Waals surface area (Å²) < 4.78 is 22.2. The minimum absolute atomic E-state index is 0.0810. The number of halogens is 1. The molecule has 178 valence electrons. The first kappa shape index (κ1) is 22.5. The molecular formula is C23H25FN6O3S. The molecule has 1 amide bonds. The Hall–Kier alpha value is -3.28. The number of piperazine rings is 1. The largest absolute Gasteiger partial charge is 0.473 e. The van der Waals surface area contributed by atoms with Crippen LogP contribution in [0.25, 0.3) is 15.9 Å². The van der Waals surface area contributed by atoms with Gasteiger partial charge in [-0.3, -0.25) is 4.79 Å². The van der Waals surface area contributed by atoms with Gasteiger partial charge >= 0.3 is 0 Å². The number of carbonyl (C=O) groups excluding carboxylic acids is 1. The van der Waals surface area contributed by atoms with E-state index in [-0.39, 0.29) is 17.9 Å². The van der Waals surface area contributed by atoms with E-state index < -0.39 is 11.7 Å². The summed E-state index contributed by atoms with van der Waals surface area (Å²) in [6.45, 7) is 5.67. The first-order valence-corrected chi connectivity index (χ1v) is 11.8. The van der Waals surface area contributed by atoms with Crippen LogP contribution in [-0.4, -0.2) is 57.7 Å². The van der Waals surface area contributed by atoms with Gasteiger partial charge in [-0.1, -0.05) is 11.3 Å². The zero-order valence-electron chi connectivity index (χ0n) is 19.0. The molecule has 0 saturated carbocycles. The topological polar surface area (TPSA) is 104 Å². The average Bonchev–Trinajstić information content (AvgIpc) is 3.42. The lowest BCUT2D eigenvalue weighted by Crippen LogP contribution is -2.54. The Balaban J connectivity index is 1.50. The number of anilines is 2. The lowest BCUT2D eigenvalue weighted by Gasteiger charge is -2.37. The Morgan fingerprint density at radius 1 is 1.29 bits per heavy atom. The number of rotatable bonds is 5. The molecule has 9 nitrogen and oxygen atoms in total. The number of nitrogens with zero attached hydrogens (tertiary/aromatic N) is 4. The summed E-state index contributed by atoms with van der Waals surface area (Å²) in [4.78, 5) is 24.1. The second-order valence-electron chi connectivity index (χ2n) is 8.52. The lowest BCUT2D eigenvalue weighted by atomic mass is 10.1. The van der Waals surface area contributed by atoms with Crippen molar-refractivity contribution in [1.82, 2.24) is 19.7 Å². The fourth-order valence-corrected chi connectivity index (χ4v) is 5.42. The number of benzene rings is 1. The average molecular weight is 485 g/mol. The van der Waals surface area contributed by atoms with Crippen molar-refractivity contribution in [2.45, 2.75) is 32.5 Å². The maximum absolute atomic E-state index is 14.5. The molecule has 1 aliphatic heterocycles. The number of hydrogen-bond acceptors (Lipinski definition) is 8. The molecule has 1 aliphatic rings. The number of nitrogens with one attached hydrogen (secondary N) is 2. The van der Waals surface area contributed by atoms with Crippen molar-refractivity contribution in [1.29, 1.82) is 0 Å². The Labute approximate surface area is 199 Å². The second kappa shape index (κ2) is 8.82. The number of aliphatic hydroxyl groups excluding tert-OH is 1. The van der Waals surface area contributed by atoms with Gasteiger partial charge in [0.2, 0.25) is 0 Å². The number of amides is 1. The van der Waals surface area contributed by atoms with Crippen LogP contribution in [0.15, 0.2) is 30.6 Å². The second-order valence-corrected chi connectivity index (χ2v) is 9.48. The van der Waals surface area contributed by atoms with Gasteiger partial charge in [0.1, 0.15) is 5.52 Å². The van der Waals surface area contributed by atoms with Crippen LogP contribution in [-0.2, 0) is 6.61 Å². The number of hydrogen-bond donors (Lipinski definition) is 3. The van der Waals surface area contributed by atoms with Crippen molar-refractivity contribution in [2.24, 2.45) is 0 Å². The highest BCUT2D eigenvalue weighted by Gasteiger charge is 2.26. The Bertz CT molecular complexity index is 1380. The van der Waals surface area contributed by atoms with Crippen molar-refractivity contribution in [3.8, 4) is 5.19 Å². The molecule has 5 rings (SSSR count). The van der Waals surface area contributed by atoms with Crippen LogP contribution < -0.4 is 20.3 Å². The van der Waals surface area contributed by atoms with Gasteiger partial charge < -0.3 is 29.8 Å². The van der Waals surface area contributed by atoms with Crippen LogP contribution in [0.4, 0.5) is 15.8 Å². The van der Waals surface area contributed by atoms with Crippen LogP contribution in [0, 0.1) is 5.82 Å². The van der Waals surface area contributed by atoms with Crippen LogP contribution in [0.1, 0.15) is 29.9 Å². The van der Waals surface area contributed by atoms with Gasteiger partial charge in [0.05, 0.1) is 41.0 Å². The number of aliphatic hydroxyl groups is 1. The minimum Gasteiger partial charge on any atom is -0.473 e. The number of carbonyl (C=O) groups is 1. The number of aromatic nitrogens is 3. The number of imidazole rings is 1. The molecule has 1 aromatic carbocycles. The quantitative estimate of drug-likeness (QED) is 0.400. The molecule has 1 fully saturated rings. The van der Waals surface area contributed by atoms with Crippen molar-refractivity contribution >= 4 is 44.5 Å². The fourth-order valence-electron chi connectivity index (χ4n) is 4.47. The third-order valence-electron chi connectivity index (χ3n) is 5.80.